The van der Waals surface area contributed by atoms with Crippen molar-refractivity contribution < 1.29 is 23.3 Å². The maximum absolute atomic E-state index is 11.0. The van der Waals surface area contributed by atoms with Crippen molar-refractivity contribution >= 4 is 54.4 Å². The number of hydrogen-bond acceptors (Lipinski definition) is 7. The van der Waals surface area contributed by atoms with Gasteiger partial charge in [0.15, 0.2) is 5.75 Å². The largest absolute Gasteiger partial charge is 0.454 e. The molecular weight excluding hydrogens is 454 g/mol. The Labute approximate surface area is 177 Å². The lowest BCUT2D eigenvalue weighted by Gasteiger charge is -2.12. The van der Waals surface area contributed by atoms with Crippen molar-refractivity contribution in [3.63, 3.8) is 0 Å². The van der Waals surface area contributed by atoms with Crippen LogP contribution >= 0.6 is 43.1 Å². The highest BCUT2D eigenvalue weighted by Gasteiger charge is 2.16. The van der Waals surface area contributed by atoms with Crippen LogP contribution in [0.15, 0.2) is 30.3 Å². The van der Waals surface area contributed by atoms with Crippen LogP contribution in [-0.4, -0.2) is 25.7 Å². The van der Waals surface area contributed by atoms with Crippen molar-refractivity contribution in [1.82, 2.24) is 0 Å². The van der Waals surface area contributed by atoms with Crippen molar-refractivity contribution in [1.29, 1.82) is 0 Å². The fourth-order valence-electron chi connectivity index (χ4n) is 1.90. The van der Waals surface area contributed by atoms with E-state index in [0.717, 1.165) is 0 Å². The number of hydrogen-bond donors (Lipinski definition) is 1. The summed E-state index contributed by atoms with van der Waals surface area (Å²) in [6.45, 7) is 2.37. The van der Waals surface area contributed by atoms with Crippen molar-refractivity contribution in [2.24, 2.45) is 0 Å². The second-order valence-electron chi connectivity index (χ2n) is 4.93. The summed E-state index contributed by atoms with van der Waals surface area (Å²) >= 11 is 17.9. The van der Waals surface area contributed by atoms with Crippen LogP contribution < -0.4 is 10.1 Å². The molecule has 0 amide bonds. The predicted octanol–water partition coefficient (Wildman–Crippen LogP) is 6.45. The SMILES string of the molecule is CCNc1cc(Oc2c(Cl)cc(Cl)cc2Cl)ccc1[N+](=O)[O-].CO[PH](=O)OC. The zero-order valence-electron chi connectivity index (χ0n) is 15.1. The van der Waals surface area contributed by atoms with Crippen LogP contribution in [0.4, 0.5) is 11.4 Å². The summed E-state index contributed by atoms with van der Waals surface area (Å²) in [5.74, 6) is 0.608. The molecule has 0 saturated carbocycles. The predicted molar refractivity (Wildman–Crippen MR) is 112 cm³/mol. The molecule has 0 fully saturated rings. The van der Waals surface area contributed by atoms with E-state index in [9.17, 15) is 14.7 Å². The summed E-state index contributed by atoms with van der Waals surface area (Å²) in [6.07, 6.45) is 0. The van der Waals surface area contributed by atoms with Crippen LogP contribution in [0, 0.1) is 10.1 Å². The average molecular weight is 472 g/mol. The molecule has 0 radical (unpaired) electrons. The van der Waals surface area contributed by atoms with Gasteiger partial charge in [0, 0.05) is 37.9 Å². The topological polar surface area (TPSA) is 99.9 Å². The third-order valence-corrected chi connectivity index (χ3v) is 4.49. The molecule has 0 saturated heterocycles. The molecule has 0 spiro atoms. The maximum atomic E-state index is 11.0. The molecule has 12 heteroatoms. The van der Waals surface area contributed by atoms with E-state index in [-0.39, 0.29) is 21.5 Å². The third-order valence-electron chi connectivity index (χ3n) is 3.05. The molecule has 0 aliphatic carbocycles. The summed E-state index contributed by atoms with van der Waals surface area (Å²) in [5.41, 5.74) is 0.314. The Hall–Kier alpha value is -1.54. The molecule has 0 aromatic heterocycles. The lowest BCUT2D eigenvalue weighted by molar-refractivity contribution is -0.384. The summed E-state index contributed by atoms with van der Waals surface area (Å²) < 4.78 is 24.0. The fraction of sp³-hybridized carbons (Fsp3) is 0.250. The van der Waals surface area contributed by atoms with E-state index in [1.807, 2.05) is 6.92 Å². The van der Waals surface area contributed by atoms with Crippen molar-refractivity contribution in [2.45, 2.75) is 6.92 Å². The first-order valence-electron chi connectivity index (χ1n) is 7.70. The number of nitrogens with zero attached hydrogens (tertiary/aromatic N) is 1. The van der Waals surface area contributed by atoms with E-state index < -0.39 is 13.2 Å². The Morgan fingerprint density at radius 3 is 2.11 bits per heavy atom. The molecule has 0 atom stereocenters. The van der Waals surface area contributed by atoms with Crippen LogP contribution in [0.25, 0.3) is 0 Å². The molecule has 1 N–H and O–H groups in total. The van der Waals surface area contributed by atoms with E-state index in [1.165, 1.54) is 44.6 Å². The lowest BCUT2D eigenvalue weighted by Crippen LogP contribution is -2.01. The maximum Gasteiger partial charge on any atom is 0.318 e. The van der Waals surface area contributed by atoms with E-state index >= 15 is 0 Å². The summed E-state index contributed by atoms with van der Waals surface area (Å²) in [4.78, 5) is 10.5. The second kappa shape index (κ2) is 12.1. The minimum atomic E-state index is -2.12. The molecular formula is C16H18Cl3N2O6P. The first kappa shape index (κ1) is 24.5. The number of nitrogens with one attached hydrogen (secondary N) is 1. The highest BCUT2D eigenvalue weighted by Crippen LogP contribution is 2.40. The molecule has 0 unspecified atom stereocenters. The minimum absolute atomic E-state index is 0.0394. The first-order chi connectivity index (χ1) is 13.2. The molecule has 2 rings (SSSR count). The molecule has 0 aliphatic heterocycles. The van der Waals surface area contributed by atoms with Gasteiger partial charge in [-0.15, -0.1) is 0 Å². The van der Waals surface area contributed by atoms with Gasteiger partial charge in [0.05, 0.1) is 15.0 Å². The van der Waals surface area contributed by atoms with Gasteiger partial charge in [0.25, 0.3) is 5.69 Å². The van der Waals surface area contributed by atoms with E-state index in [4.69, 9.17) is 39.5 Å². The van der Waals surface area contributed by atoms with Crippen molar-refractivity contribution in [3.05, 3.63) is 55.5 Å². The monoisotopic (exact) mass is 470 g/mol. The lowest BCUT2D eigenvalue weighted by atomic mass is 10.2. The van der Waals surface area contributed by atoms with Gasteiger partial charge in [-0.25, -0.2) is 0 Å². The highest BCUT2D eigenvalue weighted by atomic mass is 35.5. The van der Waals surface area contributed by atoms with Crippen molar-refractivity contribution in [3.8, 4) is 11.5 Å². The van der Waals surface area contributed by atoms with Gasteiger partial charge in [-0.05, 0) is 25.1 Å². The van der Waals surface area contributed by atoms with E-state index in [2.05, 4.69) is 14.4 Å². The van der Waals surface area contributed by atoms with Gasteiger partial charge in [-0.3, -0.25) is 14.7 Å². The van der Waals surface area contributed by atoms with Gasteiger partial charge in [-0.2, -0.15) is 0 Å². The zero-order valence-corrected chi connectivity index (χ0v) is 18.4. The normalized spacial score (nSPS) is 10.2. The summed E-state index contributed by atoms with van der Waals surface area (Å²) in [7, 11) is 0.558. The Kier molecular flexibility index (Phi) is 10.6. The van der Waals surface area contributed by atoms with Crippen LogP contribution in [0.5, 0.6) is 11.5 Å². The molecule has 0 heterocycles. The fourth-order valence-corrected chi connectivity index (χ4v) is 2.96. The van der Waals surface area contributed by atoms with E-state index in [1.54, 1.807) is 0 Å². The number of anilines is 1. The molecule has 2 aromatic rings. The first-order valence-corrected chi connectivity index (χ1v) is 10.1. The molecule has 28 heavy (non-hydrogen) atoms. The smallest absolute Gasteiger partial charge is 0.318 e. The number of nitro benzene ring substituents is 1. The molecule has 2 aromatic carbocycles. The summed E-state index contributed by atoms with van der Waals surface area (Å²) in [6, 6.07) is 7.34. The van der Waals surface area contributed by atoms with Gasteiger partial charge < -0.3 is 19.1 Å². The Bertz CT molecular complexity index is 824. The highest BCUT2D eigenvalue weighted by molar-refractivity contribution is 7.33. The Morgan fingerprint density at radius 1 is 1.11 bits per heavy atom. The van der Waals surface area contributed by atoms with Crippen LogP contribution in [-0.2, 0) is 13.6 Å². The Morgan fingerprint density at radius 2 is 1.68 bits per heavy atom. The zero-order chi connectivity index (χ0) is 21.3. The standard InChI is InChI=1S/C14H11Cl3N2O3.C2H7O3P/c1-2-18-12-7-9(3-4-13(12)19(20)21)22-14-10(16)5-8(15)6-11(14)17;1-4-6(3)5-2/h3-7,18H,2H2,1H3;6H,1-2H3. The number of halogens is 3. The number of benzene rings is 2. The van der Waals surface area contributed by atoms with Crippen molar-refractivity contribution in [2.75, 3.05) is 26.1 Å². The van der Waals surface area contributed by atoms with Crippen LogP contribution in [0.2, 0.25) is 15.1 Å². The number of rotatable bonds is 7. The minimum Gasteiger partial charge on any atom is -0.454 e. The number of ether oxygens (including phenoxy) is 1. The third kappa shape index (κ3) is 7.47. The van der Waals surface area contributed by atoms with Gasteiger partial charge in [0.2, 0.25) is 0 Å². The summed E-state index contributed by atoms with van der Waals surface area (Å²) in [5, 5.41) is 14.8. The van der Waals surface area contributed by atoms with Crippen LogP contribution in [0.3, 0.4) is 0 Å². The molecule has 154 valence electrons. The van der Waals surface area contributed by atoms with Gasteiger partial charge in [-0.1, -0.05) is 34.8 Å². The molecule has 0 bridgehead atoms. The van der Waals surface area contributed by atoms with Gasteiger partial charge >= 0.3 is 8.25 Å². The molecule has 8 nitrogen and oxygen atoms in total. The average Bonchev–Trinajstić information content (AvgIpc) is 2.64. The van der Waals surface area contributed by atoms with E-state index in [0.29, 0.717) is 23.0 Å². The second-order valence-corrected chi connectivity index (χ2v) is 7.49. The van der Waals surface area contributed by atoms with Gasteiger partial charge in [0.1, 0.15) is 11.4 Å². The van der Waals surface area contributed by atoms with Crippen LogP contribution in [0.1, 0.15) is 6.92 Å². The molecule has 0 aliphatic rings. The Balaban J connectivity index is 0.000000568. The number of nitro groups is 1. The quantitative estimate of drug-likeness (QED) is 0.281.